The Morgan fingerprint density at radius 3 is 2.91 bits per heavy atom. The fourth-order valence-corrected chi connectivity index (χ4v) is 3.10. The van der Waals surface area contributed by atoms with E-state index in [9.17, 15) is 0 Å². The van der Waals surface area contributed by atoms with Crippen molar-refractivity contribution in [3.05, 3.63) is 35.4 Å². The van der Waals surface area contributed by atoms with Gasteiger partial charge in [-0.15, -0.1) is 0 Å². The van der Waals surface area contributed by atoms with Crippen molar-refractivity contribution >= 4 is 5.96 Å². The molecule has 120 valence electrons. The van der Waals surface area contributed by atoms with Gasteiger partial charge in [0.25, 0.3) is 0 Å². The molecular formula is C18H27N3O. The van der Waals surface area contributed by atoms with Crippen molar-refractivity contribution in [2.75, 3.05) is 33.3 Å². The molecule has 1 aliphatic carbocycles. The fraction of sp³-hybridized carbons (Fsp3) is 0.611. The lowest BCUT2D eigenvalue weighted by Crippen LogP contribution is -2.48. The van der Waals surface area contributed by atoms with Gasteiger partial charge in [-0.2, -0.15) is 0 Å². The van der Waals surface area contributed by atoms with Crippen LogP contribution in [0.5, 0.6) is 0 Å². The second-order valence-electron chi connectivity index (χ2n) is 6.37. The Labute approximate surface area is 133 Å². The first-order valence-corrected chi connectivity index (χ1v) is 8.40. The molecule has 1 heterocycles. The van der Waals surface area contributed by atoms with E-state index in [1.807, 2.05) is 7.05 Å². The van der Waals surface area contributed by atoms with Crippen molar-refractivity contribution in [1.82, 2.24) is 10.2 Å². The SMILES string of the molecule is CN=C(NCCC1CC1)N1CCOC(c2ccccc2C)C1. The predicted molar refractivity (Wildman–Crippen MR) is 90.1 cm³/mol. The molecule has 4 nitrogen and oxygen atoms in total. The molecule has 1 N–H and O–H groups in total. The average molecular weight is 301 g/mol. The normalized spacial score (nSPS) is 22.7. The Hall–Kier alpha value is -1.55. The minimum atomic E-state index is 0.136. The lowest BCUT2D eigenvalue weighted by atomic mass is 10.0. The van der Waals surface area contributed by atoms with E-state index >= 15 is 0 Å². The maximum absolute atomic E-state index is 6.00. The van der Waals surface area contributed by atoms with Crippen LogP contribution in [0.15, 0.2) is 29.3 Å². The summed E-state index contributed by atoms with van der Waals surface area (Å²) in [7, 11) is 1.87. The summed E-state index contributed by atoms with van der Waals surface area (Å²) in [6, 6.07) is 8.50. The maximum atomic E-state index is 6.00. The van der Waals surface area contributed by atoms with Gasteiger partial charge >= 0.3 is 0 Å². The first kappa shape index (κ1) is 15.3. The molecule has 4 heteroatoms. The number of aliphatic imine (C=N–C) groups is 1. The van der Waals surface area contributed by atoms with Crippen molar-refractivity contribution < 1.29 is 4.74 Å². The Bertz CT molecular complexity index is 525. The number of guanidine groups is 1. The van der Waals surface area contributed by atoms with Crippen molar-refractivity contribution in [3.8, 4) is 0 Å². The van der Waals surface area contributed by atoms with Crippen molar-refractivity contribution in [3.63, 3.8) is 0 Å². The summed E-state index contributed by atoms with van der Waals surface area (Å²) in [5, 5.41) is 3.52. The van der Waals surface area contributed by atoms with Crippen LogP contribution in [0.25, 0.3) is 0 Å². The summed E-state index contributed by atoms with van der Waals surface area (Å²) in [4.78, 5) is 6.78. The molecule has 0 amide bonds. The summed E-state index contributed by atoms with van der Waals surface area (Å²) in [6.45, 7) is 5.71. The second kappa shape index (κ2) is 7.14. The Morgan fingerprint density at radius 1 is 1.36 bits per heavy atom. The van der Waals surface area contributed by atoms with Crippen LogP contribution in [-0.4, -0.2) is 44.1 Å². The number of hydrogen-bond acceptors (Lipinski definition) is 2. The van der Waals surface area contributed by atoms with E-state index < -0.39 is 0 Å². The van der Waals surface area contributed by atoms with E-state index in [0.29, 0.717) is 0 Å². The second-order valence-corrected chi connectivity index (χ2v) is 6.37. The van der Waals surface area contributed by atoms with E-state index in [1.54, 1.807) is 0 Å². The zero-order chi connectivity index (χ0) is 15.4. The standard InChI is InChI=1S/C18H27N3O/c1-14-5-3-4-6-16(14)17-13-21(11-12-22-17)18(19-2)20-10-9-15-7-8-15/h3-6,15,17H,7-13H2,1-2H3,(H,19,20). The van der Waals surface area contributed by atoms with Crippen LogP contribution in [0.1, 0.15) is 36.5 Å². The van der Waals surface area contributed by atoms with Gasteiger partial charge in [-0.25, -0.2) is 0 Å². The molecule has 0 aromatic heterocycles. The number of nitrogens with zero attached hydrogens (tertiary/aromatic N) is 2. The molecule has 2 aliphatic rings. The highest BCUT2D eigenvalue weighted by atomic mass is 16.5. The summed E-state index contributed by atoms with van der Waals surface area (Å²) < 4.78 is 6.00. The topological polar surface area (TPSA) is 36.9 Å². The molecule has 1 aromatic carbocycles. The van der Waals surface area contributed by atoms with Crippen LogP contribution in [0, 0.1) is 12.8 Å². The van der Waals surface area contributed by atoms with E-state index in [2.05, 4.69) is 46.4 Å². The molecule has 1 aromatic rings. The number of ether oxygens (including phenoxy) is 1. The molecule has 1 unspecified atom stereocenters. The summed E-state index contributed by atoms with van der Waals surface area (Å²) >= 11 is 0. The molecule has 1 saturated carbocycles. The lowest BCUT2D eigenvalue weighted by molar-refractivity contribution is -0.00831. The minimum absolute atomic E-state index is 0.136. The fourth-order valence-electron chi connectivity index (χ4n) is 3.10. The van der Waals surface area contributed by atoms with Gasteiger partial charge in [0, 0.05) is 20.1 Å². The van der Waals surface area contributed by atoms with Gasteiger partial charge in [0.05, 0.1) is 13.2 Å². The number of nitrogens with one attached hydrogen (secondary N) is 1. The Balaban J connectivity index is 1.60. The monoisotopic (exact) mass is 301 g/mol. The van der Waals surface area contributed by atoms with Gasteiger partial charge in [-0.05, 0) is 30.4 Å². The quantitative estimate of drug-likeness (QED) is 0.686. The summed E-state index contributed by atoms with van der Waals surface area (Å²) in [5.74, 6) is 1.97. The van der Waals surface area contributed by atoms with Gasteiger partial charge < -0.3 is 15.0 Å². The van der Waals surface area contributed by atoms with E-state index in [4.69, 9.17) is 4.74 Å². The molecule has 0 bridgehead atoms. The average Bonchev–Trinajstić information content (AvgIpc) is 3.36. The molecular weight excluding hydrogens is 274 g/mol. The first-order valence-electron chi connectivity index (χ1n) is 8.40. The summed E-state index contributed by atoms with van der Waals surface area (Å²) in [6.07, 6.45) is 4.22. The zero-order valence-corrected chi connectivity index (χ0v) is 13.7. The molecule has 2 fully saturated rings. The van der Waals surface area contributed by atoms with Gasteiger partial charge in [-0.3, -0.25) is 4.99 Å². The molecule has 1 saturated heterocycles. The lowest BCUT2D eigenvalue weighted by Gasteiger charge is -2.35. The predicted octanol–water partition coefficient (Wildman–Crippen LogP) is 2.74. The van der Waals surface area contributed by atoms with Crippen molar-refractivity contribution in [2.24, 2.45) is 10.9 Å². The van der Waals surface area contributed by atoms with E-state index in [0.717, 1.165) is 38.1 Å². The molecule has 22 heavy (non-hydrogen) atoms. The van der Waals surface area contributed by atoms with Crippen LogP contribution >= 0.6 is 0 Å². The molecule has 1 atom stereocenters. The van der Waals surface area contributed by atoms with E-state index in [1.165, 1.54) is 30.4 Å². The number of morpholine rings is 1. The van der Waals surface area contributed by atoms with Gasteiger partial charge in [0.2, 0.25) is 0 Å². The van der Waals surface area contributed by atoms with E-state index in [-0.39, 0.29) is 6.10 Å². The third-order valence-corrected chi connectivity index (χ3v) is 4.65. The van der Waals surface area contributed by atoms with Crippen molar-refractivity contribution in [2.45, 2.75) is 32.3 Å². The third kappa shape index (κ3) is 3.80. The number of hydrogen-bond donors (Lipinski definition) is 1. The Kier molecular flexibility index (Phi) is 4.98. The molecule has 0 spiro atoms. The minimum Gasteiger partial charge on any atom is -0.370 e. The number of aryl methyl sites for hydroxylation is 1. The maximum Gasteiger partial charge on any atom is 0.193 e. The Morgan fingerprint density at radius 2 is 2.18 bits per heavy atom. The molecule has 0 radical (unpaired) electrons. The molecule has 1 aliphatic heterocycles. The van der Waals surface area contributed by atoms with Crippen LogP contribution in [0.2, 0.25) is 0 Å². The summed E-state index contributed by atoms with van der Waals surface area (Å²) in [5.41, 5.74) is 2.59. The highest BCUT2D eigenvalue weighted by Gasteiger charge is 2.25. The van der Waals surface area contributed by atoms with Crippen LogP contribution in [0.4, 0.5) is 0 Å². The smallest absolute Gasteiger partial charge is 0.193 e. The third-order valence-electron chi connectivity index (χ3n) is 4.65. The number of rotatable bonds is 4. The van der Waals surface area contributed by atoms with Crippen LogP contribution in [0.3, 0.4) is 0 Å². The first-order chi connectivity index (χ1) is 10.8. The largest absolute Gasteiger partial charge is 0.370 e. The zero-order valence-electron chi connectivity index (χ0n) is 13.7. The van der Waals surface area contributed by atoms with Gasteiger partial charge in [0.1, 0.15) is 6.10 Å². The van der Waals surface area contributed by atoms with Gasteiger partial charge in [-0.1, -0.05) is 37.1 Å². The van der Waals surface area contributed by atoms with Crippen molar-refractivity contribution in [1.29, 1.82) is 0 Å². The highest BCUT2D eigenvalue weighted by molar-refractivity contribution is 5.80. The van der Waals surface area contributed by atoms with Gasteiger partial charge in [0.15, 0.2) is 5.96 Å². The van der Waals surface area contributed by atoms with Crippen LogP contribution in [-0.2, 0) is 4.74 Å². The van der Waals surface area contributed by atoms with Crippen LogP contribution < -0.4 is 5.32 Å². The number of benzene rings is 1. The highest BCUT2D eigenvalue weighted by Crippen LogP contribution is 2.31. The molecule has 3 rings (SSSR count).